The van der Waals surface area contributed by atoms with Crippen LogP contribution in [-0.2, 0) is 0 Å². The number of halogens is 1. The van der Waals surface area contributed by atoms with Crippen molar-refractivity contribution in [2.24, 2.45) is 0 Å². The molecule has 0 saturated carbocycles. The zero-order chi connectivity index (χ0) is 10.2. The van der Waals surface area contributed by atoms with Crippen molar-refractivity contribution in [1.29, 1.82) is 0 Å². The number of unbranched alkanes of at least 4 members (excludes halogenated alkanes) is 3. The third kappa shape index (κ3) is 4.90. The first-order valence-corrected chi connectivity index (χ1v) is 7.37. The molecule has 0 spiro atoms. The van der Waals surface area contributed by atoms with Gasteiger partial charge >= 0.3 is 0 Å². The third-order valence-corrected chi connectivity index (χ3v) is 4.34. The highest BCUT2D eigenvalue weighted by atomic mass is 35.5. The topological polar surface area (TPSA) is 3.24 Å². The van der Waals surface area contributed by atoms with Crippen molar-refractivity contribution in [3.63, 3.8) is 0 Å². The average Bonchev–Trinajstić information content (AvgIpc) is 2.70. The predicted octanol–water partition coefficient (Wildman–Crippen LogP) is 3.22. The minimum Gasteiger partial charge on any atom is -0.303 e. The zero-order valence-electron chi connectivity index (χ0n) is 9.17. The molecule has 0 aromatic carbocycles. The maximum atomic E-state index is 5.63. The summed E-state index contributed by atoms with van der Waals surface area (Å²) in [5.41, 5.74) is 0. The molecule has 0 amide bonds. The summed E-state index contributed by atoms with van der Waals surface area (Å²) >= 11 is 7.73. The van der Waals surface area contributed by atoms with Crippen LogP contribution in [0.1, 0.15) is 32.1 Å². The fourth-order valence-corrected chi connectivity index (χ4v) is 3.35. The molecule has 0 radical (unpaired) electrons. The van der Waals surface area contributed by atoms with Crippen LogP contribution in [0.25, 0.3) is 0 Å². The van der Waals surface area contributed by atoms with Gasteiger partial charge in [0.1, 0.15) is 0 Å². The molecule has 84 valence electrons. The van der Waals surface area contributed by atoms with E-state index in [-0.39, 0.29) is 0 Å². The Kier molecular flexibility index (Phi) is 7.09. The van der Waals surface area contributed by atoms with Crippen molar-refractivity contribution >= 4 is 23.4 Å². The van der Waals surface area contributed by atoms with E-state index < -0.39 is 0 Å². The number of rotatable bonds is 7. The van der Waals surface area contributed by atoms with Crippen LogP contribution < -0.4 is 0 Å². The van der Waals surface area contributed by atoms with Gasteiger partial charge < -0.3 is 4.90 Å². The Morgan fingerprint density at radius 2 is 2.07 bits per heavy atom. The van der Waals surface area contributed by atoms with Gasteiger partial charge in [0.15, 0.2) is 0 Å². The van der Waals surface area contributed by atoms with Crippen LogP contribution in [0.4, 0.5) is 0 Å². The van der Waals surface area contributed by atoms with Gasteiger partial charge in [-0.2, -0.15) is 11.8 Å². The molecule has 0 aliphatic carbocycles. The van der Waals surface area contributed by atoms with Crippen LogP contribution in [0.2, 0.25) is 0 Å². The molecule has 0 N–H and O–H groups in total. The van der Waals surface area contributed by atoms with Crippen LogP contribution in [0.15, 0.2) is 0 Å². The Hall–Kier alpha value is 0.600. The Bertz CT molecular complexity index is 137. The molecule has 1 rings (SSSR count). The van der Waals surface area contributed by atoms with Gasteiger partial charge in [0, 0.05) is 17.7 Å². The van der Waals surface area contributed by atoms with Crippen molar-refractivity contribution in [3.8, 4) is 0 Å². The molecule has 3 heteroatoms. The first kappa shape index (κ1) is 12.7. The van der Waals surface area contributed by atoms with Gasteiger partial charge in [-0.05, 0) is 38.6 Å². The fraction of sp³-hybridized carbons (Fsp3) is 1.00. The summed E-state index contributed by atoms with van der Waals surface area (Å²) in [6, 6.07) is 0.855. The molecule has 0 aromatic rings. The van der Waals surface area contributed by atoms with Gasteiger partial charge in [0.2, 0.25) is 0 Å². The summed E-state index contributed by atoms with van der Waals surface area (Å²) in [6.45, 7) is 1.27. The number of thioether (sulfide) groups is 1. The van der Waals surface area contributed by atoms with Crippen LogP contribution in [0, 0.1) is 0 Å². The van der Waals surface area contributed by atoms with Crippen molar-refractivity contribution < 1.29 is 0 Å². The maximum Gasteiger partial charge on any atom is 0.0223 e. The number of nitrogens with zero attached hydrogens (tertiary/aromatic N) is 1. The van der Waals surface area contributed by atoms with E-state index in [2.05, 4.69) is 23.7 Å². The molecule has 1 nitrogen and oxygen atoms in total. The van der Waals surface area contributed by atoms with E-state index in [0.29, 0.717) is 0 Å². The minimum atomic E-state index is 0.828. The van der Waals surface area contributed by atoms with Gasteiger partial charge in [-0.15, -0.1) is 11.6 Å². The van der Waals surface area contributed by atoms with E-state index in [9.17, 15) is 0 Å². The van der Waals surface area contributed by atoms with Gasteiger partial charge in [-0.1, -0.05) is 12.8 Å². The zero-order valence-corrected chi connectivity index (χ0v) is 10.7. The molecule has 1 unspecified atom stereocenters. The molecular weight excluding hydrogens is 214 g/mol. The summed E-state index contributed by atoms with van der Waals surface area (Å²) in [5, 5.41) is 0. The lowest BCUT2D eigenvalue weighted by Crippen LogP contribution is -2.32. The van der Waals surface area contributed by atoms with Gasteiger partial charge in [0.05, 0.1) is 0 Å². The second kappa shape index (κ2) is 7.84. The number of alkyl halides is 1. The molecule has 1 aliphatic rings. The summed E-state index contributed by atoms with van der Waals surface area (Å²) in [7, 11) is 2.28. The lowest BCUT2D eigenvalue weighted by Gasteiger charge is -2.23. The SMILES string of the molecule is CN(CCCCCCCl)C1CCSC1. The molecule has 14 heavy (non-hydrogen) atoms. The van der Waals surface area contributed by atoms with E-state index in [1.165, 1.54) is 50.2 Å². The summed E-state index contributed by atoms with van der Waals surface area (Å²) in [6.07, 6.45) is 6.57. The summed E-state index contributed by atoms with van der Waals surface area (Å²) < 4.78 is 0. The Morgan fingerprint density at radius 3 is 2.71 bits per heavy atom. The molecule has 1 saturated heterocycles. The van der Waals surface area contributed by atoms with E-state index in [1.807, 2.05) is 0 Å². The van der Waals surface area contributed by atoms with Crippen molar-refractivity contribution in [1.82, 2.24) is 4.90 Å². The van der Waals surface area contributed by atoms with E-state index in [4.69, 9.17) is 11.6 Å². The number of hydrogen-bond donors (Lipinski definition) is 0. The van der Waals surface area contributed by atoms with Crippen molar-refractivity contribution in [2.75, 3.05) is 31.0 Å². The first-order chi connectivity index (χ1) is 6.84. The third-order valence-electron chi connectivity index (χ3n) is 2.92. The summed E-state index contributed by atoms with van der Waals surface area (Å²) in [4.78, 5) is 2.54. The monoisotopic (exact) mass is 235 g/mol. The standard InChI is InChI=1S/C11H22ClNS/c1-13(11-6-9-14-10-11)8-5-3-2-4-7-12/h11H,2-10H2,1H3. The predicted molar refractivity (Wildman–Crippen MR) is 67.5 cm³/mol. The first-order valence-electron chi connectivity index (χ1n) is 5.68. The normalized spacial score (nSPS) is 22.1. The Balaban J connectivity index is 1.94. The highest BCUT2D eigenvalue weighted by Crippen LogP contribution is 2.21. The molecule has 0 bridgehead atoms. The largest absolute Gasteiger partial charge is 0.303 e. The lowest BCUT2D eigenvalue weighted by atomic mass is 10.1. The summed E-state index contributed by atoms with van der Waals surface area (Å²) in [5.74, 6) is 3.54. The molecule has 1 fully saturated rings. The minimum absolute atomic E-state index is 0.828. The second-order valence-corrected chi connectivity index (χ2v) is 5.63. The molecule has 0 aromatic heterocycles. The van der Waals surface area contributed by atoms with E-state index in [0.717, 1.165) is 11.9 Å². The van der Waals surface area contributed by atoms with E-state index >= 15 is 0 Å². The smallest absolute Gasteiger partial charge is 0.0223 e. The van der Waals surface area contributed by atoms with Crippen LogP contribution in [0.3, 0.4) is 0 Å². The van der Waals surface area contributed by atoms with Crippen molar-refractivity contribution in [3.05, 3.63) is 0 Å². The quantitative estimate of drug-likeness (QED) is 0.493. The molecule has 1 atom stereocenters. The second-order valence-electron chi connectivity index (χ2n) is 4.10. The Labute approximate surface area is 97.6 Å². The van der Waals surface area contributed by atoms with Gasteiger partial charge in [0.25, 0.3) is 0 Å². The average molecular weight is 236 g/mol. The van der Waals surface area contributed by atoms with Crippen molar-refractivity contribution in [2.45, 2.75) is 38.1 Å². The highest BCUT2D eigenvalue weighted by Gasteiger charge is 2.18. The highest BCUT2D eigenvalue weighted by molar-refractivity contribution is 7.99. The number of hydrogen-bond acceptors (Lipinski definition) is 2. The molecular formula is C11H22ClNS. The van der Waals surface area contributed by atoms with Crippen LogP contribution in [-0.4, -0.2) is 41.9 Å². The fourth-order valence-electron chi connectivity index (χ4n) is 1.86. The van der Waals surface area contributed by atoms with E-state index in [1.54, 1.807) is 0 Å². The maximum absolute atomic E-state index is 5.63. The van der Waals surface area contributed by atoms with Gasteiger partial charge in [-0.3, -0.25) is 0 Å². The lowest BCUT2D eigenvalue weighted by molar-refractivity contribution is 0.256. The van der Waals surface area contributed by atoms with Crippen LogP contribution >= 0.6 is 23.4 Å². The van der Waals surface area contributed by atoms with Crippen LogP contribution in [0.5, 0.6) is 0 Å². The molecule has 1 heterocycles. The van der Waals surface area contributed by atoms with Gasteiger partial charge in [-0.25, -0.2) is 0 Å². The molecule has 1 aliphatic heterocycles. The Morgan fingerprint density at radius 1 is 1.29 bits per heavy atom.